The Bertz CT molecular complexity index is 341. The summed E-state index contributed by atoms with van der Waals surface area (Å²) in [5.74, 6) is 0. The largest absolute Gasteiger partial charge is 0.394 e. The fourth-order valence-electron chi connectivity index (χ4n) is 2.16. The average Bonchev–Trinajstić information content (AvgIpc) is 2.57. The Labute approximate surface area is 131 Å². The van der Waals surface area contributed by atoms with Gasteiger partial charge in [-0.25, -0.2) is 0 Å². The van der Waals surface area contributed by atoms with Gasteiger partial charge in [0.25, 0.3) is 0 Å². The summed E-state index contributed by atoms with van der Waals surface area (Å²) in [5, 5.41) is 84.9. The molecule has 0 bridgehead atoms. The molecule has 23 heavy (non-hydrogen) atoms. The van der Waals surface area contributed by atoms with Crippen LogP contribution in [0.5, 0.6) is 0 Å². The van der Waals surface area contributed by atoms with Crippen molar-refractivity contribution in [3.63, 3.8) is 0 Å². The van der Waals surface area contributed by atoms with Crippen molar-refractivity contribution < 1.29 is 55.4 Å². The van der Waals surface area contributed by atoms with Crippen LogP contribution in [0.25, 0.3) is 0 Å². The predicted molar refractivity (Wildman–Crippen MR) is 70.8 cm³/mol. The number of aliphatic hydroxyl groups is 9. The van der Waals surface area contributed by atoms with E-state index in [1.54, 1.807) is 0 Å². The van der Waals surface area contributed by atoms with E-state index in [1.807, 2.05) is 0 Å². The molecule has 1 rings (SSSR count). The van der Waals surface area contributed by atoms with Crippen LogP contribution in [-0.4, -0.2) is 121 Å². The first-order valence-corrected chi connectivity index (χ1v) is 7.00. The van der Waals surface area contributed by atoms with Crippen LogP contribution in [0.15, 0.2) is 0 Å². The van der Waals surface area contributed by atoms with E-state index in [0.717, 1.165) is 0 Å². The summed E-state index contributed by atoms with van der Waals surface area (Å²) in [6.45, 7) is -2.45. The van der Waals surface area contributed by atoms with Gasteiger partial charge >= 0.3 is 0 Å². The minimum atomic E-state index is -1.85. The fourth-order valence-corrected chi connectivity index (χ4v) is 2.16. The Hall–Kier alpha value is -0.440. The molecule has 11 heteroatoms. The standard InChI is InChI=1S/C12H24O11/c13-1-4(16)7(18)11(5(17)2-14)23-12-10(21)9(20)8(19)6(3-15)22-12/h4-21H,1-3H2/t4-,5+,6-,7-,8-,9+,10-,11-,12+/m0/s1. The van der Waals surface area contributed by atoms with Crippen molar-refractivity contribution in [3.05, 3.63) is 0 Å². The molecule has 0 saturated carbocycles. The predicted octanol–water partition coefficient (Wildman–Crippen LogP) is -5.76. The van der Waals surface area contributed by atoms with E-state index in [-0.39, 0.29) is 0 Å². The summed E-state index contributed by atoms with van der Waals surface area (Å²) < 4.78 is 10.1. The molecule has 0 unspecified atom stereocenters. The van der Waals surface area contributed by atoms with Crippen molar-refractivity contribution in [2.75, 3.05) is 19.8 Å². The summed E-state index contributed by atoms with van der Waals surface area (Å²) in [6.07, 6.45) is -15.1. The van der Waals surface area contributed by atoms with Gasteiger partial charge in [-0.05, 0) is 0 Å². The number of ether oxygens (including phenoxy) is 2. The Kier molecular flexibility index (Phi) is 8.20. The number of hydrogen-bond acceptors (Lipinski definition) is 11. The lowest BCUT2D eigenvalue weighted by atomic mass is 9.98. The molecule has 1 saturated heterocycles. The third-order valence-corrected chi connectivity index (χ3v) is 3.62. The minimum Gasteiger partial charge on any atom is -0.394 e. The van der Waals surface area contributed by atoms with Crippen molar-refractivity contribution >= 4 is 0 Å². The molecule has 1 fully saturated rings. The molecule has 0 spiro atoms. The van der Waals surface area contributed by atoms with Gasteiger partial charge in [0.2, 0.25) is 0 Å². The molecule has 0 radical (unpaired) electrons. The zero-order valence-electron chi connectivity index (χ0n) is 12.2. The lowest BCUT2D eigenvalue weighted by molar-refractivity contribution is -0.327. The molecule has 9 N–H and O–H groups in total. The average molecular weight is 344 g/mol. The molecule has 0 amide bonds. The molecule has 11 nitrogen and oxygen atoms in total. The van der Waals surface area contributed by atoms with E-state index < -0.39 is 74.9 Å². The van der Waals surface area contributed by atoms with Gasteiger partial charge in [0.05, 0.1) is 19.8 Å². The van der Waals surface area contributed by atoms with Crippen molar-refractivity contribution in [1.82, 2.24) is 0 Å². The van der Waals surface area contributed by atoms with E-state index in [4.69, 9.17) is 24.8 Å². The Morgan fingerprint density at radius 2 is 1.39 bits per heavy atom. The van der Waals surface area contributed by atoms with E-state index in [9.17, 15) is 30.6 Å². The molecule has 138 valence electrons. The highest BCUT2D eigenvalue weighted by Crippen LogP contribution is 2.24. The monoisotopic (exact) mass is 344 g/mol. The molecular weight excluding hydrogens is 320 g/mol. The fraction of sp³-hybridized carbons (Fsp3) is 1.00. The van der Waals surface area contributed by atoms with Gasteiger partial charge in [-0.1, -0.05) is 0 Å². The van der Waals surface area contributed by atoms with Crippen LogP contribution in [-0.2, 0) is 9.47 Å². The number of rotatable bonds is 8. The highest BCUT2D eigenvalue weighted by Gasteiger charge is 2.46. The summed E-state index contributed by atoms with van der Waals surface area (Å²) in [5.41, 5.74) is 0. The van der Waals surface area contributed by atoms with Gasteiger partial charge in [0, 0.05) is 0 Å². The highest BCUT2D eigenvalue weighted by molar-refractivity contribution is 4.91. The van der Waals surface area contributed by atoms with Crippen LogP contribution in [0.2, 0.25) is 0 Å². The minimum absolute atomic E-state index is 0.708. The molecule has 0 aromatic carbocycles. The lowest BCUT2D eigenvalue weighted by Gasteiger charge is -2.42. The Morgan fingerprint density at radius 1 is 0.826 bits per heavy atom. The maximum absolute atomic E-state index is 9.83. The van der Waals surface area contributed by atoms with Gasteiger partial charge in [-0.3, -0.25) is 0 Å². The third kappa shape index (κ3) is 4.78. The van der Waals surface area contributed by atoms with Crippen LogP contribution in [0.4, 0.5) is 0 Å². The number of aliphatic hydroxyl groups excluding tert-OH is 9. The molecule has 1 aliphatic heterocycles. The van der Waals surface area contributed by atoms with Crippen LogP contribution in [0, 0.1) is 0 Å². The molecule has 1 heterocycles. The summed E-state index contributed by atoms with van der Waals surface area (Å²) in [4.78, 5) is 0. The molecule has 9 atom stereocenters. The quantitative estimate of drug-likeness (QED) is 0.203. The summed E-state index contributed by atoms with van der Waals surface area (Å²) in [7, 11) is 0. The molecule has 1 aliphatic rings. The highest BCUT2D eigenvalue weighted by atomic mass is 16.7. The normalized spacial score (nSPS) is 37.2. The zero-order valence-corrected chi connectivity index (χ0v) is 12.2. The van der Waals surface area contributed by atoms with Gasteiger partial charge in [-0.2, -0.15) is 0 Å². The second-order valence-corrected chi connectivity index (χ2v) is 5.29. The molecule has 0 aromatic heterocycles. The summed E-state index contributed by atoms with van der Waals surface area (Å²) >= 11 is 0. The van der Waals surface area contributed by atoms with E-state index >= 15 is 0 Å². The van der Waals surface area contributed by atoms with Crippen molar-refractivity contribution in [2.24, 2.45) is 0 Å². The van der Waals surface area contributed by atoms with Crippen molar-refractivity contribution in [2.45, 2.75) is 55.1 Å². The number of hydrogen-bond donors (Lipinski definition) is 9. The van der Waals surface area contributed by atoms with Gasteiger partial charge in [0.15, 0.2) is 6.29 Å². The molecule has 0 aromatic rings. The van der Waals surface area contributed by atoms with Gasteiger partial charge < -0.3 is 55.4 Å². The van der Waals surface area contributed by atoms with Crippen LogP contribution >= 0.6 is 0 Å². The van der Waals surface area contributed by atoms with Crippen molar-refractivity contribution in [3.8, 4) is 0 Å². The van der Waals surface area contributed by atoms with Crippen LogP contribution in [0.1, 0.15) is 0 Å². The van der Waals surface area contributed by atoms with Crippen molar-refractivity contribution in [1.29, 1.82) is 0 Å². The first kappa shape index (κ1) is 20.6. The van der Waals surface area contributed by atoms with E-state index in [1.165, 1.54) is 0 Å². The third-order valence-electron chi connectivity index (χ3n) is 3.62. The maximum atomic E-state index is 9.83. The maximum Gasteiger partial charge on any atom is 0.187 e. The molecular formula is C12H24O11. The Balaban J connectivity index is 2.89. The van der Waals surface area contributed by atoms with E-state index in [0.29, 0.717) is 0 Å². The van der Waals surface area contributed by atoms with E-state index in [2.05, 4.69) is 0 Å². The molecule has 0 aliphatic carbocycles. The topological polar surface area (TPSA) is 201 Å². The first-order chi connectivity index (χ1) is 10.8. The van der Waals surface area contributed by atoms with Gasteiger partial charge in [-0.15, -0.1) is 0 Å². The lowest BCUT2D eigenvalue weighted by Crippen LogP contribution is -2.61. The SMILES string of the molecule is OC[C@@H](O)[C@H](O[C@H]1O[C@@H](CO)[C@H](O)[C@@H](O)[C@@H]1O)[C@@H](O)[C@@H](O)CO. The van der Waals surface area contributed by atoms with Crippen LogP contribution < -0.4 is 0 Å². The van der Waals surface area contributed by atoms with Gasteiger partial charge in [0.1, 0.15) is 48.8 Å². The Morgan fingerprint density at radius 3 is 1.87 bits per heavy atom. The second kappa shape index (κ2) is 9.15. The van der Waals surface area contributed by atoms with Crippen LogP contribution in [0.3, 0.4) is 0 Å². The zero-order chi connectivity index (χ0) is 17.7. The summed E-state index contributed by atoms with van der Waals surface area (Å²) in [6, 6.07) is 0. The second-order valence-electron chi connectivity index (χ2n) is 5.29. The first-order valence-electron chi connectivity index (χ1n) is 7.00. The smallest absolute Gasteiger partial charge is 0.187 e.